The number of benzene rings is 2. The number of carbonyl (C=O) groups is 1. The smallest absolute Gasteiger partial charge is 0.224 e. The summed E-state index contributed by atoms with van der Waals surface area (Å²) >= 11 is 2.01. The van der Waals surface area contributed by atoms with Crippen LogP contribution < -0.4 is 15.0 Å². The van der Waals surface area contributed by atoms with Gasteiger partial charge in [0.15, 0.2) is 0 Å². The number of amides is 1. The van der Waals surface area contributed by atoms with E-state index in [0.717, 1.165) is 30.0 Å². The van der Waals surface area contributed by atoms with Crippen molar-refractivity contribution in [2.75, 3.05) is 36.6 Å². The predicted octanol–water partition coefficient (Wildman–Crippen LogP) is 3.11. The number of hydrogen-bond donors (Lipinski definition) is 1. The highest BCUT2D eigenvalue weighted by atomic mass is 32.2. The van der Waals surface area contributed by atoms with Crippen molar-refractivity contribution in [2.24, 2.45) is 0 Å². The molecule has 0 radical (unpaired) electrons. The summed E-state index contributed by atoms with van der Waals surface area (Å²) in [5.74, 6) is 3.19. The largest absolute Gasteiger partial charge is 0.497 e. The van der Waals surface area contributed by atoms with Crippen molar-refractivity contribution in [3.05, 3.63) is 59.7 Å². The number of nitrogens with one attached hydrogen (secondary N) is 1. The predicted molar refractivity (Wildman–Crippen MR) is 105 cm³/mol. The van der Waals surface area contributed by atoms with Crippen LogP contribution in [-0.4, -0.2) is 37.6 Å². The third-order valence-electron chi connectivity index (χ3n) is 4.30. The van der Waals surface area contributed by atoms with Crippen molar-refractivity contribution in [1.82, 2.24) is 5.32 Å². The van der Waals surface area contributed by atoms with E-state index in [-0.39, 0.29) is 5.91 Å². The minimum atomic E-state index is 0.0189. The van der Waals surface area contributed by atoms with Crippen LogP contribution >= 0.6 is 11.8 Å². The maximum Gasteiger partial charge on any atom is 0.224 e. The Kier molecular flexibility index (Phi) is 6.23. The number of thioether (sulfide) groups is 1. The minimum Gasteiger partial charge on any atom is -0.497 e. The SMILES string of the molecule is COc1cccc(CC(=O)NCc2ccc(N3CCSCC3)cc2)c1. The summed E-state index contributed by atoms with van der Waals surface area (Å²) in [5, 5.41) is 2.99. The molecule has 2 aromatic rings. The molecule has 1 aliphatic heterocycles. The molecule has 1 fully saturated rings. The average Bonchev–Trinajstić information content (AvgIpc) is 2.67. The maximum atomic E-state index is 12.1. The van der Waals surface area contributed by atoms with Gasteiger partial charge in [0.05, 0.1) is 13.5 Å². The molecular weight excluding hydrogens is 332 g/mol. The molecule has 25 heavy (non-hydrogen) atoms. The monoisotopic (exact) mass is 356 g/mol. The topological polar surface area (TPSA) is 41.6 Å². The third kappa shape index (κ3) is 5.16. The lowest BCUT2D eigenvalue weighted by Crippen LogP contribution is -2.32. The summed E-state index contributed by atoms with van der Waals surface area (Å²) in [4.78, 5) is 14.6. The average molecular weight is 356 g/mol. The van der Waals surface area contributed by atoms with E-state index < -0.39 is 0 Å². The van der Waals surface area contributed by atoms with Gasteiger partial charge in [0, 0.05) is 36.8 Å². The summed E-state index contributed by atoms with van der Waals surface area (Å²) in [6, 6.07) is 16.1. The molecule has 1 saturated heterocycles. The zero-order valence-electron chi connectivity index (χ0n) is 14.5. The third-order valence-corrected chi connectivity index (χ3v) is 5.24. The zero-order valence-corrected chi connectivity index (χ0v) is 15.3. The van der Waals surface area contributed by atoms with Crippen molar-refractivity contribution in [3.63, 3.8) is 0 Å². The van der Waals surface area contributed by atoms with Gasteiger partial charge in [-0.1, -0.05) is 24.3 Å². The standard InChI is InChI=1S/C20H24N2O2S/c1-24-19-4-2-3-17(13-19)14-20(23)21-15-16-5-7-18(8-6-16)22-9-11-25-12-10-22/h2-8,13H,9-12,14-15H2,1H3,(H,21,23). The quantitative estimate of drug-likeness (QED) is 0.864. The fraction of sp³-hybridized carbons (Fsp3) is 0.350. The number of hydrogen-bond acceptors (Lipinski definition) is 4. The zero-order chi connectivity index (χ0) is 17.5. The maximum absolute atomic E-state index is 12.1. The molecule has 1 heterocycles. The van der Waals surface area contributed by atoms with Crippen LogP contribution in [-0.2, 0) is 17.8 Å². The Morgan fingerprint density at radius 2 is 1.88 bits per heavy atom. The first-order valence-corrected chi connectivity index (χ1v) is 9.71. The van der Waals surface area contributed by atoms with Crippen LogP contribution in [0.5, 0.6) is 5.75 Å². The Bertz CT molecular complexity index is 697. The van der Waals surface area contributed by atoms with Crippen molar-refractivity contribution in [3.8, 4) is 5.75 Å². The number of nitrogens with zero attached hydrogens (tertiary/aromatic N) is 1. The Balaban J connectivity index is 1.49. The molecular formula is C20H24N2O2S. The number of ether oxygens (including phenoxy) is 1. The highest BCUT2D eigenvalue weighted by Gasteiger charge is 2.11. The van der Waals surface area contributed by atoms with Gasteiger partial charge in [0.25, 0.3) is 0 Å². The van der Waals surface area contributed by atoms with Gasteiger partial charge in [-0.2, -0.15) is 11.8 Å². The van der Waals surface area contributed by atoms with Gasteiger partial charge in [-0.15, -0.1) is 0 Å². The van der Waals surface area contributed by atoms with Crippen molar-refractivity contribution in [2.45, 2.75) is 13.0 Å². The summed E-state index contributed by atoms with van der Waals surface area (Å²) in [5.41, 5.74) is 3.34. The molecule has 0 saturated carbocycles. The normalized spacial score (nSPS) is 14.2. The first-order chi connectivity index (χ1) is 12.2. The van der Waals surface area contributed by atoms with Gasteiger partial charge in [-0.25, -0.2) is 0 Å². The Labute approximate surface area is 153 Å². The van der Waals surface area contributed by atoms with E-state index in [0.29, 0.717) is 13.0 Å². The van der Waals surface area contributed by atoms with Crippen molar-refractivity contribution in [1.29, 1.82) is 0 Å². The van der Waals surface area contributed by atoms with Crippen LogP contribution in [0.15, 0.2) is 48.5 Å². The lowest BCUT2D eigenvalue weighted by atomic mass is 10.1. The van der Waals surface area contributed by atoms with Crippen molar-refractivity contribution < 1.29 is 9.53 Å². The van der Waals surface area contributed by atoms with Gasteiger partial charge in [0.1, 0.15) is 5.75 Å². The van der Waals surface area contributed by atoms with Crippen LogP contribution in [0.3, 0.4) is 0 Å². The fourth-order valence-electron chi connectivity index (χ4n) is 2.88. The van der Waals surface area contributed by atoms with E-state index in [9.17, 15) is 4.79 Å². The van der Waals surface area contributed by atoms with Crippen LogP contribution in [0.1, 0.15) is 11.1 Å². The summed E-state index contributed by atoms with van der Waals surface area (Å²) < 4.78 is 5.19. The lowest BCUT2D eigenvalue weighted by Gasteiger charge is -2.28. The molecule has 2 aromatic carbocycles. The number of methoxy groups -OCH3 is 1. The molecule has 3 rings (SSSR count). The van der Waals surface area contributed by atoms with Crippen LogP contribution in [0.2, 0.25) is 0 Å². The molecule has 0 aromatic heterocycles. The van der Waals surface area contributed by atoms with E-state index >= 15 is 0 Å². The van der Waals surface area contributed by atoms with E-state index in [1.54, 1.807) is 7.11 Å². The molecule has 4 nitrogen and oxygen atoms in total. The molecule has 5 heteroatoms. The van der Waals surface area contributed by atoms with Gasteiger partial charge >= 0.3 is 0 Å². The number of anilines is 1. The molecule has 1 aliphatic rings. The molecule has 0 atom stereocenters. The van der Waals surface area contributed by atoms with Crippen LogP contribution in [0, 0.1) is 0 Å². The van der Waals surface area contributed by atoms with Gasteiger partial charge in [-0.05, 0) is 35.4 Å². The Morgan fingerprint density at radius 1 is 1.12 bits per heavy atom. The second-order valence-corrected chi connectivity index (χ2v) is 7.30. The molecule has 132 valence electrons. The second-order valence-electron chi connectivity index (χ2n) is 6.07. The summed E-state index contributed by atoms with van der Waals surface area (Å²) in [6.07, 6.45) is 0.362. The molecule has 0 spiro atoms. The Hall–Kier alpha value is -2.14. The summed E-state index contributed by atoms with van der Waals surface area (Å²) in [7, 11) is 1.63. The van der Waals surface area contributed by atoms with Crippen molar-refractivity contribution >= 4 is 23.4 Å². The van der Waals surface area contributed by atoms with Crippen LogP contribution in [0.25, 0.3) is 0 Å². The number of carbonyl (C=O) groups excluding carboxylic acids is 1. The highest BCUT2D eigenvalue weighted by molar-refractivity contribution is 7.99. The van der Waals surface area contributed by atoms with E-state index in [2.05, 4.69) is 34.5 Å². The Morgan fingerprint density at radius 3 is 2.60 bits per heavy atom. The second kappa shape index (κ2) is 8.81. The molecule has 1 N–H and O–H groups in total. The van der Waals surface area contributed by atoms with Crippen LogP contribution in [0.4, 0.5) is 5.69 Å². The first-order valence-electron chi connectivity index (χ1n) is 8.56. The van der Waals surface area contributed by atoms with E-state index in [1.165, 1.54) is 17.2 Å². The van der Waals surface area contributed by atoms with E-state index in [1.807, 2.05) is 36.0 Å². The minimum absolute atomic E-state index is 0.0189. The van der Waals surface area contributed by atoms with Gasteiger partial charge in [-0.3, -0.25) is 4.79 Å². The molecule has 0 bridgehead atoms. The lowest BCUT2D eigenvalue weighted by molar-refractivity contribution is -0.120. The van der Waals surface area contributed by atoms with Gasteiger partial charge < -0.3 is 15.0 Å². The molecule has 1 amide bonds. The fourth-order valence-corrected chi connectivity index (χ4v) is 3.78. The summed E-state index contributed by atoms with van der Waals surface area (Å²) in [6.45, 7) is 2.78. The number of rotatable bonds is 6. The van der Waals surface area contributed by atoms with E-state index in [4.69, 9.17) is 4.74 Å². The highest BCUT2D eigenvalue weighted by Crippen LogP contribution is 2.20. The van der Waals surface area contributed by atoms with Gasteiger partial charge in [0.2, 0.25) is 5.91 Å². The molecule has 0 aliphatic carbocycles. The first kappa shape index (κ1) is 17.7. The molecule has 0 unspecified atom stereocenters.